The second-order valence-electron chi connectivity index (χ2n) is 5.12. The van der Waals surface area contributed by atoms with Crippen molar-refractivity contribution in [1.29, 1.82) is 0 Å². The second kappa shape index (κ2) is 8.25. The number of nitro benzene ring substituents is 1. The summed E-state index contributed by atoms with van der Waals surface area (Å²) in [4.78, 5) is 33.7. The van der Waals surface area contributed by atoms with Gasteiger partial charge >= 0.3 is 6.03 Å². The molecule has 8 nitrogen and oxygen atoms in total. The number of anilines is 2. The molecule has 0 bridgehead atoms. The standard InChI is InChI=1S/C16H15BrN4O4/c1-10-8-11(17)2-7-14(10)20-15(22)9-18-16(23)19-12-3-5-13(6-4-12)21(24)25/h2-8H,9H2,1H3,(H,20,22)(H2,18,19,23). The van der Waals surface area contributed by atoms with Crippen LogP contribution in [0.4, 0.5) is 21.9 Å². The smallest absolute Gasteiger partial charge is 0.319 e. The van der Waals surface area contributed by atoms with Gasteiger partial charge in [-0.2, -0.15) is 0 Å². The summed E-state index contributed by atoms with van der Waals surface area (Å²) in [5, 5.41) is 18.2. The van der Waals surface area contributed by atoms with E-state index in [1.807, 2.05) is 13.0 Å². The van der Waals surface area contributed by atoms with E-state index in [1.165, 1.54) is 24.3 Å². The fourth-order valence-corrected chi connectivity index (χ4v) is 2.44. The number of rotatable bonds is 5. The van der Waals surface area contributed by atoms with Crippen molar-refractivity contribution in [3.63, 3.8) is 0 Å². The molecule has 0 spiro atoms. The van der Waals surface area contributed by atoms with Gasteiger partial charge in [-0.3, -0.25) is 14.9 Å². The Morgan fingerprint density at radius 2 is 1.80 bits per heavy atom. The molecule has 0 atom stereocenters. The lowest BCUT2D eigenvalue weighted by atomic mass is 10.2. The maximum atomic E-state index is 11.9. The first kappa shape index (κ1) is 18.4. The van der Waals surface area contributed by atoms with Crippen molar-refractivity contribution in [2.75, 3.05) is 17.2 Å². The normalized spacial score (nSPS) is 10.0. The fourth-order valence-electron chi connectivity index (χ4n) is 1.96. The zero-order valence-corrected chi connectivity index (χ0v) is 14.8. The van der Waals surface area contributed by atoms with Gasteiger partial charge < -0.3 is 16.0 Å². The SMILES string of the molecule is Cc1cc(Br)ccc1NC(=O)CNC(=O)Nc1ccc([N+](=O)[O-])cc1. The van der Waals surface area contributed by atoms with Gasteiger partial charge in [-0.25, -0.2) is 4.79 Å². The van der Waals surface area contributed by atoms with E-state index in [9.17, 15) is 19.7 Å². The first-order chi connectivity index (χ1) is 11.8. The maximum absolute atomic E-state index is 11.9. The third kappa shape index (κ3) is 5.57. The number of nitrogens with zero attached hydrogens (tertiary/aromatic N) is 1. The van der Waals surface area contributed by atoms with Gasteiger partial charge in [-0.15, -0.1) is 0 Å². The number of carbonyl (C=O) groups excluding carboxylic acids is 2. The minimum atomic E-state index is -0.587. The van der Waals surface area contributed by atoms with Crippen LogP contribution in [0.5, 0.6) is 0 Å². The Bertz CT molecular complexity index is 808. The minimum absolute atomic E-state index is 0.0739. The summed E-state index contributed by atoms with van der Waals surface area (Å²) in [6.07, 6.45) is 0. The molecule has 0 saturated carbocycles. The van der Waals surface area contributed by atoms with Gasteiger partial charge in [0.25, 0.3) is 5.69 Å². The van der Waals surface area contributed by atoms with Crippen LogP contribution in [-0.2, 0) is 4.79 Å². The highest BCUT2D eigenvalue weighted by atomic mass is 79.9. The first-order valence-corrected chi connectivity index (χ1v) is 8.00. The molecule has 0 aliphatic rings. The summed E-state index contributed by atoms with van der Waals surface area (Å²) in [7, 11) is 0. The van der Waals surface area contributed by atoms with E-state index < -0.39 is 11.0 Å². The molecular formula is C16H15BrN4O4. The number of halogens is 1. The highest BCUT2D eigenvalue weighted by Gasteiger charge is 2.09. The Balaban J connectivity index is 1.82. The summed E-state index contributed by atoms with van der Waals surface area (Å²) < 4.78 is 0.906. The molecule has 0 aromatic heterocycles. The van der Waals surface area contributed by atoms with Crippen molar-refractivity contribution in [1.82, 2.24) is 5.32 Å². The van der Waals surface area contributed by atoms with Gasteiger partial charge in [0.1, 0.15) is 0 Å². The van der Waals surface area contributed by atoms with Crippen LogP contribution in [0.2, 0.25) is 0 Å². The van der Waals surface area contributed by atoms with Crippen molar-refractivity contribution in [3.05, 3.63) is 62.6 Å². The van der Waals surface area contributed by atoms with Crippen LogP contribution in [0, 0.1) is 17.0 Å². The van der Waals surface area contributed by atoms with Gasteiger partial charge in [0, 0.05) is 28.0 Å². The Kier molecular flexibility index (Phi) is 6.07. The Labute approximate surface area is 151 Å². The summed E-state index contributed by atoms with van der Waals surface area (Å²) >= 11 is 3.34. The highest BCUT2D eigenvalue weighted by molar-refractivity contribution is 9.10. The zero-order valence-electron chi connectivity index (χ0n) is 13.2. The number of hydrogen-bond donors (Lipinski definition) is 3. The topological polar surface area (TPSA) is 113 Å². The highest BCUT2D eigenvalue weighted by Crippen LogP contribution is 2.19. The molecule has 2 aromatic carbocycles. The predicted octanol–water partition coefficient (Wildman–Crippen LogP) is 3.43. The second-order valence-corrected chi connectivity index (χ2v) is 6.03. The molecule has 3 amide bonds. The third-order valence-corrected chi connectivity index (χ3v) is 3.70. The summed E-state index contributed by atoms with van der Waals surface area (Å²) in [6.45, 7) is 1.64. The van der Waals surface area contributed by atoms with Crippen molar-refractivity contribution < 1.29 is 14.5 Å². The van der Waals surface area contributed by atoms with Crippen LogP contribution in [-0.4, -0.2) is 23.4 Å². The lowest BCUT2D eigenvalue weighted by Crippen LogP contribution is -2.35. The van der Waals surface area contributed by atoms with E-state index in [1.54, 1.807) is 12.1 Å². The molecule has 0 unspecified atom stereocenters. The van der Waals surface area contributed by atoms with E-state index >= 15 is 0 Å². The average Bonchev–Trinajstić information content (AvgIpc) is 2.56. The first-order valence-electron chi connectivity index (χ1n) is 7.20. The molecule has 2 rings (SSSR count). The Hall–Kier alpha value is -2.94. The number of carbonyl (C=O) groups is 2. The number of urea groups is 1. The quantitative estimate of drug-likeness (QED) is 0.521. The molecule has 9 heteroatoms. The molecule has 3 N–H and O–H groups in total. The van der Waals surface area contributed by atoms with Crippen molar-refractivity contribution in [2.45, 2.75) is 6.92 Å². The van der Waals surface area contributed by atoms with E-state index in [0.717, 1.165) is 10.0 Å². The number of amides is 3. The van der Waals surface area contributed by atoms with E-state index in [-0.39, 0.29) is 18.1 Å². The third-order valence-electron chi connectivity index (χ3n) is 3.21. The zero-order chi connectivity index (χ0) is 18.4. The average molecular weight is 407 g/mol. The number of nitro groups is 1. The maximum Gasteiger partial charge on any atom is 0.319 e. The van der Waals surface area contributed by atoms with Crippen LogP contribution < -0.4 is 16.0 Å². The molecule has 0 aliphatic heterocycles. The summed E-state index contributed by atoms with van der Waals surface area (Å²) in [5.41, 5.74) is 1.85. The largest absolute Gasteiger partial charge is 0.329 e. The van der Waals surface area contributed by atoms with E-state index in [4.69, 9.17) is 0 Å². The summed E-state index contributed by atoms with van der Waals surface area (Å²) in [5.74, 6) is -0.371. The Morgan fingerprint density at radius 3 is 2.40 bits per heavy atom. The van der Waals surface area contributed by atoms with Gasteiger partial charge in [-0.1, -0.05) is 15.9 Å². The van der Waals surface area contributed by atoms with Gasteiger partial charge in [-0.05, 0) is 42.8 Å². The van der Waals surface area contributed by atoms with Crippen LogP contribution >= 0.6 is 15.9 Å². The molecule has 0 fully saturated rings. The number of benzene rings is 2. The number of nitrogens with one attached hydrogen (secondary N) is 3. The lowest BCUT2D eigenvalue weighted by molar-refractivity contribution is -0.384. The van der Waals surface area contributed by atoms with E-state index in [0.29, 0.717) is 11.4 Å². The van der Waals surface area contributed by atoms with Crippen LogP contribution in [0.25, 0.3) is 0 Å². The molecule has 0 aliphatic carbocycles. The van der Waals surface area contributed by atoms with Gasteiger partial charge in [0.2, 0.25) is 5.91 Å². The predicted molar refractivity (Wildman–Crippen MR) is 97.6 cm³/mol. The van der Waals surface area contributed by atoms with Gasteiger partial charge in [0.15, 0.2) is 0 Å². The number of hydrogen-bond acceptors (Lipinski definition) is 4. The molecule has 25 heavy (non-hydrogen) atoms. The molecule has 0 heterocycles. The van der Waals surface area contributed by atoms with Crippen molar-refractivity contribution in [2.24, 2.45) is 0 Å². The van der Waals surface area contributed by atoms with Crippen LogP contribution in [0.1, 0.15) is 5.56 Å². The van der Waals surface area contributed by atoms with Crippen molar-refractivity contribution in [3.8, 4) is 0 Å². The Morgan fingerprint density at radius 1 is 1.12 bits per heavy atom. The molecule has 0 saturated heterocycles. The van der Waals surface area contributed by atoms with E-state index in [2.05, 4.69) is 31.9 Å². The fraction of sp³-hybridized carbons (Fsp3) is 0.125. The molecule has 2 aromatic rings. The molecule has 0 radical (unpaired) electrons. The minimum Gasteiger partial charge on any atom is -0.329 e. The number of aryl methyl sites for hydroxylation is 1. The van der Waals surface area contributed by atoms with Crippen LogP contribution in [0.3, 0.4) is 0 Å². The van der Waals surface area contributed by atoms with Crippen LogP contribution in [0.15, 0.2) is 46.9 Å². The molecule has 130 valence electrons. The monoisotopic (exact) mass is 406 g/mol. The number of non-ortho nitro benzene ring substituents is 1. The summed E-state index contributed by atoms with van der Waals surface area (Å²) in [6, 6.07) is 10.2. The van der Waals surface area contributed by atoms with Crippen molar-refractivity contribution >= 4 is 44.9 Å². The van der Waals surface area contributed by atoms with Gasteiger partial charge in [0.05, 0.1) is 11.5 Å². The lowest BCUT2D eigenvalue weighted by Gasteiger charge is -2.10. The molecular weight excluding hydrogens is 392 g/mol.